The van der Waals surface area contributed by atoms with Crippen molar-refractivity contribution in [2.75, 3.05) is 7.05 Å². The molecule has 0 bridgehead atoms. The van der Waals surface area contributed by atoms with E-state index < -0.39 is 18.0 Å². The third-order valence-corrected chi connectivity index (χ3v) is 1.67. The zero-order chi connectivity index (χ0) is 11.1. The van der Waals surface area contributed by atoms with Crippen LogP contribution in [0, 0.1) is 12.0 Å². The molecule has 0 fully saturated rings. The average molecular weight is 236 g/mol. The van der Waals surface area contributed by atoms with Crippen molar-refractivity contribution in [3.05, 3.63) is 0 Å². The third kappa shape index (κ3) is 6.63. The summed E-state index contributed by atoms with van der Waals surface area (Å²) >= 11 is 0. The molecular weight excluding hydrogens is 222 g/mol. The Bertz CT molecular complexity index is 282. The third-order valence-electron chi connectivity index (χ3n) is 1.67. The van der Waals surface area contributed by atoms with Gasteiger partial charge in [-0.05, 0) is 13.3 Å². The molecule has 0 amide bonds. The van der Waals surface area contributed by atoms with Gasteiger partial charge >= 0.3 is 11.9 Å². The zero-order valence-corrected chi connectivity index (χ0v) is 9.37. The molecule has 1 atom stereocenters. The highest BCUT2D eigenvalue weighted by atomic mass is 35.5. The summed E-state index contributed by atoms with van der Waals surface area (Å²) in [6.45, 7) is 1.59. The molecular formula is C9H14ClNO4. The van der Waals surface area contributed by atoms with Crippen LogP contribution < -0.4 is 0 Å². The number of rotatable bonds is 5. The molecule has 0 aromatic heterocycles. The van der Waals surface area contributed by atoms with Crippen molar-refractivity contribution in [2.45, 2.75) is 25.8 Å². The van der Waals surface area contributed by atoms with Crippen molar-refractivity contribution in [3.63, 3.8) is 0 Å². The van der Waals surface area contributed by atoms with Crippen LogP contribution >= 0.6 is 12.4 Å². The van der Waals surface area contributed by atoms with Gasteiger partial charge in [0.1, 0.15) is 6.04 Å². The Hall–Kier alpha value is -1.41. The van der Waals surface area contributed by atoms with Crippen LogP contribution in [-0.4, -0.2) is 40.1 Å². The van der Waals surface area contributed by atoms with Crippen LogP contribution in [0.2, 0.25) is 0 Å². The van der Waals surface area contributed by atoms with E-state index in [1.165, 1.54) is 11.9 Å². The highest BCUT2D eigenvalue weighted by Crippen LogP contribution is 2.04. The minimum atomic E-state index is -1.06. The van der Waals surface area contributed by atoms with Crippen LogP contribution in [0.1, 0.15) is 19.8 Å². The monoisotopic (exact) mass is 235 g/mol. The molecule has 0 saturated carbocycles. The second kappa shape index (κ2) is 7.94. The maximum absolute atomic E-state index is 10.7. The second-order valence-electron chi connectivity index (χ2n) is 2.76. The molecule has 0 unspecified atom stereocenters. The molecule has 0 saturated heterocycles. The molecule has 0 aliphatic rings. The summed E-state index contributed by atoms with van der Waals surface area (Å²) < 4.78 is 0. The van der Waals surface area contributed by atoms with Crippen molar-refractivity contribution in [2.24, 2.45) is 0 Å². The average Bonchev–Trinajstić information content (AvgIpc) is 2.03. The Kier molecular flexibility index (Phi) is 8.49. The number of likely N-dealkylation sites (N-methyl/N-ethyl adjacent to an activating group) is 1. The molecule has 0 rings (SSSR count). The second-order valence-corrected chi connectivity index (χ2v) is 2.76. The van der Waals surface area contributed by atoms with Crippen LogP contribution in [-0.2, 0) is 9.59 Å². The van der Waals surface area contributed by atoms with E-state index in [2.05, 4.69) is 12.0 Å². The lowest BCUT2D eigenvalue weighted by molar-refractivity contribution is -0.142. The summed E-state index contributed by atoms with van der Waals surface area (Å²) in [5.41, 5.74) is 0. The Morgan fingerprint density at radius 3 is 2.27 bits per heavy atom. The number of hydrogen-bond donors (Lipinski definition) is 2. The van der Waals surface area contributed by atoms with E-state index in [4.69, 9.17) is 10.2 Å². The van der Waals surface area contributed by atoms with Gasteiger partial charge in [0.25, 0.3) is 0 Å². The molecule has 0 spiro atoms. The number of halogens is 1. The Morgan fingerprint density at radius 1 is 1.40 bits per heavy atom. The fourth-order valence-corrected chi connectivity index (χ4v) is 0.997. The number of aliphatic carboxylic acids is 2. The first kappa shape index (κ1) is 16.0. The van der Waals surface area contributed by atoms with Crippen LogP contribution in [0.4, 0.5) is 0 Å². The van der Waals surface area contributed by atoms with Gasteiger partial charge in [-0.15, -0.1) is 12.4 Å². The summed E-state index contributed by atoms with van der Waals surface area (Å²) in [4.78, 5) is 22.3. The van der Waals surface area contributed by atoms with Gasteiger partial charge in [0.05, 0.1) is 0 Å². The van der Waals surface area contributed by atoms with Crippen LogP contribution in [0.5, 0.6) is 0 Å². The Morgan fingerprint density at radius 2 is 1.93 bits per heavy atom. The Balaban J connectivity index is 0. The quantitative estimate of drug-likeness (QED) is 0.540. The summed E-state index contributed by atoms with van der Waals surface area (Å²) in [6, 6.07) is 1.70. The maximum atomic E-state index is 10.7. The molecule has 0 aliphatic heterocycles. The van der Waals surface area contributed by atoms with E-state index in [-0.39, 0.29) is 25.2 Å². The van der Waals surface area contributed by atoms with Gasteiger partial charge in [0.2, 0.25) is 0 Å². The molecule has 6 heteroatoms. The number of carbonyl (C=O) groups is 2. The van der Waals surface area contributed by atoms with Gasteiger partial charge in [-0.3, -0.25) is 4.79 Å². The number of carboxylic acids is 2. The molecule has 5 nitrogen and oxygen atoms in total. The standard InChI is InChI=1S/C9H13NO4.ClH/c1-3-6-10(2)7(9(13)14)4-5-8(11)12;/h7H,4-5H2,1-2H3,(H,11,12)(H,13,14);1H/t7-;/m0./s1. The number of carboxylic acid groups (broad SMARTS) is 2. The van der Waals surface area contributed by atoms with E-state index in [1.54, 1.807) is 6.92 Å². The highest BCUT2D eigenvalue weighted by Gasteiger charge is 2.21. The van der Waals surface area contributed by atoms with E-state index in [0.29, 0.717) is 0 Å². The van der Waals surface area contributed by atoms with Crippen molar-refractivity contribution in [3.8, 4) is 12.0 Å². The zero-order valence-electron chi connectivity index (χ0n) is 8.56. The molecule has 0 aromatic rings. The predicted molar refractivity (Wildman–Crippen MR) is 56.8 cm³/mol. The predicted octanol–water partition coefficient (Wildman–Crippen LogP) is 0.639. The van der Waals surface area contributed by atoms with Gasteiger partial charge in [-0.1, -0.05) is 5.92 Å². The van der Waals surface area contributed by atoms with E-state index in [9.17, 15) is 9.59 Å². The van der Waals surface area contributed by atoms with Gasteiger partial charge in [0.15, 0.2) is 0 Å². The van der Waals surface area contributed by atoms with Gasteiger partial charge in [-0.2, -0.15) is 0 Å². The van der Waals surface area contributed by atoms with Crippen LogP contribution in [0.3, 0.4) is 0 Å². The SMILES string of the molecule is CC#CN(C)[C@@H](CCC(=O)O)C(=O)O.Cl. The summed E-state index contributed by atoms with van der Waals surface area (Å²) in [5, 5.41) is 17.2. The highest BCUT2D eigenvalue weighted by molar-refractivity contribution is 5.85. The smallest absolute Gasteiger partial charge is 0.327 e. The van der Waals surface area contributed by atoms with Gasteiger partial charge in [-0.25, -0.2) is 4.79 Å². The summed E-state index contributed by atoms with van der Waals surface area (Å²) in [5.74, 6) is 0.491. The summed E-state index contributed by atoms with van der Waals surface area (Å²) in [6.07, 6.45) is -0.122. The molecule has 0 radical (unpaired) electrons. The van der Waals surface area contributed by atoms with Gasteiger partial charge in [0, 0.05) is 19.5 Å². The van der Waals surface area contributed by atoms with E-state index in [1.807, 2.05) is 0 Å². The first-order valence-electron chi connectivity index (χ1n) is 4.08. The topological polar surface area (TPSA) is 77.8 Å². The van der Waals surface area contributed by atoms with Crippen molar-refractivity contribution >= 4 is 24.3 Å². The molecule has 0 heterocycles. The minimum Gasteiger partial charge on any atom is -0.481 e. The first-order chi connectivity index (χ1) is 6.49. The molecule has 86 valence electrons. The van der Waals surface area contributed by atoms with Crippen LogP contribution in [0.15, 0.2) is 0 Å². The minimum absolute atomic E-state index is 0. The van der Waals surface area contributed by atoms with E-state index in [0.717, 1.165) is 0 Å². The lowest BCUT2D eigenvalue weighted by atomic mass is 10.1. The lowest BCUT2D eigenvalue weighted by Crippen LogP contribution is -2.35. The number of hydrogen-bond acceptors (Lipinski definition) is 3. The van der Waals surface area contributed by atoms with Crippen molar-refractivity contribution in [1.29, 1.82) is 0 Å². The largest absolute Gasteiger partial charge is 0.481 e. The fourth-order valence-electron chi connectivity index (χ4n) is 0.997. The molecule has 0 aliphatic carbocycles. The number of nitrogens with zero attached hydrogens (tertiary/aromatic N) is 1. The molecule has 15 heavy (non-hydrogen) atoms. The van der Waals surface area contributed by atoms with E-state index >= 15 is 0 Å². The molecule has 2 N–H and O–H groups in total. The summed E-state index contributed by atoms with van der Waals surface area (Å²) in [7, 11) is 1.52. The van der Waals surface area contributed by atoms with Gasteiger partial charge < -0.3 is 15.1 Å². The van der Waals surface area contributed by atoms with Crippen molar-refractivity contribution < 1.29 is 19.8 Å². The molecule has 0 aromatic carbocycles. The van der Waals surface area contributed by atoms with Crippen LogP contribution in [0.25, 0.3) is 0 Å². The maximum Gasteiger partial charge on any atom is 0.327 e. The van der Waals surface area contributed by atoms with Crippen molar-refractivity contribution in [1.82, 2.24) is 4.90 Å². The Labute approximate surface area is 94.5 Å². The first-order valence-corrected chi connectivity index (χ1v) is 4.08. The lowest BCUT2D eigenvalue weighted by Gasteiger charge is -2.19. The normalized spacial score (nSPS) is 10.3. The fraction of sp³-hybridized carbons (Fsp3) is 0.556.